The number of nitrogens with zero attached hydrogens (tertiary/aromatic N) is 2. The second-order valence-electron chi connectivity index (χ2n) is 19.8. The Kier molecular flexibility index (Phi) is 10.5. The van der Waals surface area contributed by atoms with E-state index in [-0.39, 0.29) is 0 Å². The second-order valence-corrected chi connectivity index (χ2v) is 40.1. The van der Waals surface area contributed by atoms with Crippen LogP contribution in [-0.4, -0.2) is 32.3 Å². The van der Waals surface area contributed by atoms with E-state index < -0.39 is 32.3 Å². The maximum atomic E-state index is 2.42. The van der Waals surface area contributed by atoms with Gasteiger partial charge in [0.15, 0.2) is 0 Å². The van der Waals surface area contributed by atoms with Gasteiger partial charge in [-0.3, -0.25) is 0 Å². The Hall–Kier alpha value is -4.47. The van der Waals surface area contributed by atoms with Crippen LogP contribution in [0, 0.1) is 0 Å². The van der Waals surface area contributed by atoms with Gasteiger partial charge in [0.1, 0.15) is 0 Å². The van der Waals surface area contributed by atoms with Crippen LogP contribution in [0.15, 0.2) is 146 Å². The number of hydrogen-bond donors (Lipinski definition) is 0. The molecule has 0 saturated heterocycles. The first-order valence-electron chi connectivity index (χ1n) is 20.3. The maximum absolute atomic E-state index is 2.42. The van der Waals surface area contributed by atoms with Crippen molar-refractivity contribution in [3.63, 3.8) is 0 Å². The molecule has 7 aromatic carbocycles. The van der Waals surface area contributed by atoms with E-state index in [1.54, 1.807) is 0 Å². The first kappa shape index (κ1) is 39.8. The van der Waals surface area contributed by atoms with Gasteiger partial charge in [0.25, 0.3) is 0 Å². The predicted molar refractivity (Wildman–Crippen MR) is 263 cm³/mol. The van der Waals surface area contributed by atoms with E-state index in [9.17, 15) is 0 Å². The molecule has 2 nitrogen and oxygen atoms in total. The summed E-state index contributed by atoms with van der Waals surface area (Å²) in [7, 11) is -5.69. The van der Waals surface area contributed by atoms with Crippen molar-refractivity contribution in [1.29, 1.82) is 0 Å². The summed E-state index contributed by atoms with van der Waals surface area (Å²) in [6.07, 6.45) is 0. The van der Waals surface area contributed by atoms with Crippen molar-refractivity contribution in [1.82, 2.24) is 0 Å². The van der Waals surface area contributed by atoms with Gasteiger partial charge in [-0.2, -0.15) is 0 Å². The molecule has 0 saturated carbocycles. The van der Waals surface area contributed by atoms with Crippen molar-refractivity contribution in [2.75, 3.05) is 9.80 Å². The third-order valence-electron chi connectivity index (χ3n) is 11.2. The van der Waals surface area contributed by atoms with Gasteiger partial charge in [-0.25, -0.2) is 0 Å². The lowest BCUT2D eigenvalue weighted by Crippen LogP contribution is -2.37. The topological polar surface area (TPSA) is 6.48 Å². The Morgan fingerprint density at radius 3 is 0.661 bits per heavy atom. The number of rotatable bonds is 10. The predicted octanol–water partition coefficient (Wildman–Crippen LogP) is 13.1. The zero-order chi connectivity index (χ0) is 40.2. The van der Waals surface area contributed by atoms with Gasteiger partial charge in [-0.05, 0) is 106 Å². The quantitative estimate of drug-likeness (QED) is 0.100. The van der Waals surface area contributed by atoms with E-state index in [4.69, 9.17) is 0 Å². The molecule has 6 heteroatoms. The fraction of sp³-hybridized carbons (Fsp3) is 0.240. The third-order valence-corrected chi connectivity index (χ3v) is 19.5. The lowest BCUT2D eigenvalue weighted by Gasteiger charge is -2.28. The normalized spacial score (nSPS) is 12.6. The molecule has 0 unspecified atom stereocenters. The highest BCUT2D eigenvalue weighted by Gasteiger charge is 2.22. The average Bonchev–Trinajstić information content (AvgIpc) is 3.14. The highest BCUT2D eigenvalue weighted by Crippen LogP contribution is 2.39. The van der Waals surface area contributed by atoms with Crippen LogP contribution in [0.3, 0.4) is 0 Å². The van der Waals surface area contributed by atoms with Gasteiger partial charge in [-0.1, -0.05) is 160 Å². The Balaban J connectivity index is 1.31. The lowest BCUT2D eigenvalue weighted by molar-refractivity contribution is 1.29. The first-order valence-corrected chi connectivity index (χ1v) is 34.3. The van der Waals surface area contributed by atoms with Crippen molar-refractivity contribution in [3.8, 4) is 0 Å². The number of benzene rings is 7. The standard InChI is InChI=1S/C50H60N2Si4/c1-53(2,3)47-25-17-41(18-26-47)51(42-19-27-48(28-20-42)54(4,5)6)45-15-13-37-34-40-36-46(16-14-38(40)33-39(37)35-45)52(43-21-29-49(30-22-43)55(7,8)9)44-23-31-50(32-24-44)56(10,11)12/h13-36H,1-12H3. The molecule has 0 aliphatic heterocycles. The minimum atomic E-state index is -1.42. The van der Waals surface area contributed by atoms with Crippen LogP contribution in [0.2, 0.25) is 78.6 Å². The van der Waals surface area contributed by atoms with Gasteiger partial charge in [0.05, 0.1) is 32.3 Å². The zero-order valence-electron chi connectivity index (χ0n) is 35.8. The van der Waals surface area contributed by atoms with Gasteiger partial charge < -0.3 is 9.80 Å². The van der Waals surface area contributed by atoms with Crippen LogP contribution in [0.25, 0.3) is 21.5 Å². The molecule has 0 N–H and O–H groups in total. The number of hydrogen-bond acceptors (Lipinski definition) is 2. The van der Waals surface area contributed by atoms with Crippen LogP contribution < -0.4 is 30.5 Å². The van der Waals surface area contributed by atoms with Crippen LogP contribution in [0.1, 0.15) is 0 Å². The summed E-state index contributed by atoms with van der Waals surface area (Å²) in [4.78, 5) is 4.85. The minimum absolute atomic E-state index is 1.17. The zero-order valence-corrected chi connectivity index (χ0v) is 39.8. The summed E-state index contributed by atoms with van der Waals surface area (Å²) in [5.74, 6) is 0. The van der Waals surface area contributed by atoms with Crippen LogP contribution in [-0.2, 0) is 0 Å². The Bertz CT molecular complexity index is 2190. The lowest BCUT2D eigenvalue weighted by atomic mass is 10.0. The summed E-state index contributed by atoms with van der Waals surface area (Å²) >= 11 is 0. The molecule has 7 rings (SSSR count). The average molecular weight is 801 g/mol. The van der Waals surface area contributed by atoms with Crippen molar-refractivity contribution in [3.05, 3.63) is 146 Å². The molecule has 0 heterocycles. The van der Waals surface area contributed by atoms with E-state index >= 15 is 0 Å². The number of fused-ring (bicyclic) bond motifs is 2. The van der Waals surface area contributed by atoms with Crippen molar-refractivity contribution in [2.45, 2.75) is 78.6 Å². The molecule has 0 atom stereocenters. The van der Waals surface area contributed by atoms with Crippen molar-refractivity contribution < 1.29 is 0 Å². The summed E-state index contributed by atoms with van der Waals surface area (Å²) in [5.41, 5.74) is 7.10. The van der Waals surface area contributed by atoms with Crippen molar-refractivity contribution in [2.24, 2.45) is 0 Å². The third kappa shape index (κ3) is 8.44. The van der Waals surface area contributed by atoms with Crippen molar-refractivity contribution >= 4 is 109 Å². The van der Waals surface area contributed by atoms with E-state index in [1.807, 2.05) is 0 Å². The molecular weight excluding hydrogens is 741 g/mol. The molecule has 0 aliphatic carbocycles. The molecule has 286 valence electrons. The Labute approximate surface area is 340 Å². The minimum Gasteiger partial charge on any atom is -0.310 e. The molecule has 0 bridgehead atoms. The highest BCUT2D eigenvalue weighted by atomic mass is 28.3. The SMILES string of the molecule is C[Si](C)(C)c1ccc(N(c2ccc([Si](C)(C)C)cc2)c2ccc3cc4cc(N(c5ccc([Si](C)(C)C)cc5)c5ccc([Si](C)(C)C)cc5)ccc4cc3c2)cc1. The van der Waals surface area contributed by atoms with Gasteiger partial charge in [-0.15, -0.1) is 0 Å². The van der Waals surface area contributed by atoms with Crippen LogP contribution in [0.4, 0.5) is 34.1 Å². The Morgan fingerprint density at radius 2 is 0.446 bits per heavy atom. The number of anilines is 6. The summed E-state index contributed by atoms with van der Waals surface area (Å²) < 4.78 is 0. The molecule has 0 aromatic heterocycles. The summed E-state index contributed by atoms with van der Waals surface area (Å²) in [6.45, 7) is 29.0. The van der Waals surface area contributed by atoms with Gasteiger partial charge in [0, 0.05) is 34.1 Å². The highest BCUT2D eigenvalue weighted by molar-refractivity contribution is 6.90. The molecular formula is C50H60N2Si4. The molecule has 7 aromatic rings. The van der Waals surface area contributed by atoms with E-state index in [0.29, 0.717) is 0 Å². The molecule has 0 spiro atoms. The molecule has 0 amide bonds. The molecule has 0 radical (unpaired) electrons. The van der Waals surface area contributed by atoms with Crippen LogP contribution in [0.5, 0.6) is 0 Å². The summed E-state index contributed by atoms with van der Waals surface area (Å²) in [5, 5.41) is 10.9. The van der Waals surface area contributed by atoms with E-state index in [2.05, 4.69) is 234 Å². The summed E-state index contributed by atoms with van der Waals surface area (Å²) in [6, 6.07) is 56.0. The largest absolute Gasteiger partial charge is 0.310 e. The second kappa shape index (κ2) is 14.8. The maximum Gasteiger partial charge on any atom is 0.0775 e. The van der Waals surface area contributed by atoms with Gasteiger partial charge in [0.2, 0.25) is 0 Å². The molecule has 0 fully saturated rings. The van der Waals surface area contributed by atoms with Crippen LogP contribution >= 0.6 is 0 Å². The monoisotopic (exact) mass is 800 g/mol. The first-order chi connectivity index (χ1) is 26.3. The Morgan fingerprint density at radius 1 is 0.232 bits per heavy atom. The molecule has 56 heavy (non-hydrogen) atoms. The fourth-order valence-electron chi connectivity index (χ4n) is 7.59. The van der Waals surface area contributed by atoms with E-state index in [0.717, 1.165) is 0 Å². The van der Waals surface area contributed by atoms with E-state index in [1.165, 1.54) is 76.4 Å². The van der Waals surface area contributed by atoms with Gasteiger partial charge >= 0.3 is 0 Å². The fourth-order valence-corrected chi connectivity index (χ4v) is 12.3. The smallest absolute Gasteiger partial charge is 0.0775 e. The molecule has 0 aliphatic rings.